The van der Waals surface area contributed by atoms with Crippen LogP contribution in [-0.2, 0) is 4.79 Å². The van der Waals surface area contributed by atoms with E-state index in [0.717, 1.165) is 5.56 Å². The molecule has 1 atom stereocenters. The Labute approximate surface area is 139 Å². The molecule has 6 nitrogen and oxygen atoms in total. The van der Waals surface area contributed by atoms with Crippen LogP contribution >= 0.6 is 0 Å². The Hall–Kier alpha value is -3.33. The Balaban J connectivity index is 1.73. The minimum Gasteiger partial charge on any atom is -0.482 e. The van der Waals surface area contributed by atoms with Gasteiger partial charge in [-0.15, -0.1) is 0 Å². The number of fused-ring (bicyclic) bond motifs is 1. The minimum absolute atomic E-state index is 0.0112. The van der Waals surface area contributed by atoms with Gasteiger partial charge in [0.1, 0.15) is 5.75 Å². The van der Waals surface area contributed by atoms with Gasteiger partial charge in [0, 0.05) is 5.56 Å². The molecule has 120 valence electrons. The van der Waals surface area contributed by atoms with Gasteiger partial charge in [0.15, 0.2) is 6.61 Å². The summed E-state index contributed by atoms with van der Waals surface area (Å²) in [6.07, 6.45) is 0. The number of nitrogens with zero attached hydrogens (tertiary/aromatic N) is 1. The maximum absolute atomic E-state index is 12.3. The van der Waals surface area contributed by atoms with E-state index >= 15 is 0 Å². The first kappa shape index (κ1) is 15.6. The van der Waals surface area contributed by atoms with Crippen molar-refractivity contribution in [3.8, 4) is 11.8 Å². The smallest absolute Gasteiger partial charge is 0.262 e. The van der Waals surface area contributed by atoms with E-state index in [9.17, 15) is 9.59 Å². The molecule has 0 saturated carbocycles. The number of amides is 2. The molecule has 0 saturated heterocycles. The predicted molar refractivity (Wildman–Crippen MR) is 87.6 cm³/mol. The molecule has 0 radical (unpaired) electrons. The van der Waals surface area contributed by atoms with Gasteiger partial charge in [0.2, 0.25) is 0 Å². The van der Waals surface area contributed by atoms with Crippen LogP contribution < -0.4 is 15.4 Å². The summed E-state index contributed by atoms with van der Waals surface area (Å²) >= 11 is 0. The van der Waals surface area contributed by atoms with Gasteiger partial charge in [-0.2, -0.15) is 5.26 Å². The number of carbonyl (C=O) groups excluding carboxylic acids is 2. The van der Waals surface area contributed by atoms with E-state index in [4.69, 9.17) is 10.00 Å². The summed E-state index contributed by atoms with van der Waals surface area (Å²) in [7, 11) is 0. The molecule has 0 fully saturated rings. The number of carbonyl (C=O) groups is 2. The maximum atomic E-state index is 12.3. The van der Waals surface area contributed by atoms with E-state index in [0.29, 0.717) is 22.6 Å². The van der Waals surface area contributed by atoms with E-state index in [1.165, 1.54) is 0 Å². The number of nitrogens with one attached hydrogen (secondary N) is 2. The molecule has 2 amide bonds. The van der Waals surface area contributed by atoms with Gasteiger partial charge < -0.3 is 15.4 Å². The number of ether oxygens (including phenoxy) is 1. The average Bonchev–Trinajstić information content (AvgIpc) is 2.61. The standard InChI is InChI=1S/C18H15N3O3/c1-11(20-18(23)13-4-2-12(9-19)3-5-13)14-6-7-16-15(8-14)21-17(22)10-24-16/h2-8,11H,10H2,1H3,(H,20,23)(H,21,22). The van der Waals surface area contributed by atoms with Gasteiger partial charge in [-0.1, -0.05) is 6.07 Å². The topological polar surface area (TPSA) is 91.2 Å². The molecule has 1 heterocycles. The van der Waals surface area contributed by atoms with Crippen molar-refractivity contribution in [2.75, 3.05) is 11.9 Å². The van der Waals surface area contributed by atoms with E-state index in [1.807, 2.05) is 19.1 Å². The third-order valence-corrected chi connectivity index (χ3v) is 3.76. The zero-order chi connectivity index (χ0) is 17.1. The average molecular weight is 321 g/mol. The van der Waals surface area contributed by atoms with Crippen LogP contribution in [0.15, 0.2) is 42.5 Å². The van der Waals surface area contributed by atoms with Crippen LogP contribution in [-0.4, -0.2) is 18.4 Å². The quantitative estimate of drug-likeness (QED) is 0.908. The summed E-state index contributed by atoms with van der Waals surface area (Å²) in [5, 5.41) is 14.4. The first-order valence-corrected chi connectivity index (χ1v) is 7.44. The van der Waals surface area contributed by atoms with Crippen LogP contribution in [0.3, 0.4) is 0 Å². The summed E-state index contributed by atoms with van der Waals surface area (Å²) < 4.78 is 5.32. The monoisotopic (exact) mass is 321 g/mol. The van der Waals surface area contributed by atoms with Crippen LogP contribution in [0.4, 0.5) is 5.69 Å². The first-order chi connectivity index (χ1) is 11.6. The Morgan fingerprint density at radius 3 is 2.75 bits per heavy atom. The van der Waals surface area contributed by atoms with E-state index in [-0.39, 0.29) is 24.5 Å². The molecule has 0 bridgehead atoms. The van der Waals surface area contributed by atoms with Gasteiger partial charge in [-0.3, -0.25) is 9.59 Å². The summed E-state index contributed by atoms with van der Waals surface area (Å²) in [5.74, 6) is 0.183. The molecule has 3 rings (SSSR count). The van der Waals surface area contributed by atoms with Gasteiger partial charge in [-0.25, -0.2) is 0 Å². The summed E-state index contributed by atoms with van der Waals surface area (Å²) in [5.41, 5.74) is 2.44. The van der Waals surface area contributed by atoms with Crippen LogP contribution in [0.2, 0.25) is 0 Å². The SMILES string of the molecule is CC(NC(=O)c1ccc(C#N)cc1)c1ccc2c(c1)NC(=O)CO2. The Morgan fingerprint density at radius 2 is 2.04 bits per heavy atom. The molecule has 0 spiro atoms. The zero-order valence-corrected chi connectivity index (χ0v) is 13.0. The van der Waals surface area contributed by atoms with E-state index in [1.54, 1.807) is 36.4 Å². The first-order valence-electron chi connectivity index (χ1n) is 7.44. The predicted octanol–water partition coefficient (Wildman–Crippen LogP) is 2.38. The number of rotatable bonds is 3. The lowest BCUT2D eigenvalue weighted by atomic mass is 10.1. The van der Waals surface area contributed by atoms with Gasteiger partial charge >= 0.3 is 0 Å². The molecule has 2 aromatic rings. The zero-order valence-electron chi connectivity index (χ0n) is 13.0. The number of hydrogen-bond acceptors (Lipinski definition) is 4. The lowest BCUT2D eigenvalue weighted by Crippen LogP contribution is -2.28. The number of hydrogen-bond donors (Lipinski definition) is 2. The molecule has 2 N–H and O–H groups in total. The van der Waals surface area contributed by atoms with Crippen molar-refractivity contribution in [3.63, 3.8) is 0 Å². The summed E-state index contributed by atoms with van der Waals surface area (Å²) in [4.78, 5) is 23.7. The highest BCUT2D eigenvalue weighted by Crippen LogP contribution is 2.30. The highest BCUT2D eigenvalue weighted by atomic mass is 16.5. The van der Waals surface area contributed by atoms with Crippen LogP contribution in [0.1, 0.15) is 34.5 Å². The minimum atomic E-state index is -0.253. The van der Waals surface area contributed by atoms with E-state index < -0.39 is 0 Å². The second-order valence-corrected chi connectivity index (χ2v) is 5.48. The normalized spacial score (nSPS) is 13.8. The van der Waals surface area contributed by atoms with E-state index in [2.05, 4.69) is 10.6 Å². The molecule has 6 heteroatoms. The van der Waals surface area contributed by atoms with Crippen LogP contribution in [0.25, 0.3) is 0 Å². The third kappa shape index (κ3) is 3.20. The van der Waals surface area contributed by atoms with Crippen LogP contribution in [0, 0.1) is 11.3 Å². The fraction of sp³-hybridized carbons (Fsp3) is 0.167. The molecular formula is C18H15N3O3. The Morgan fingerprint density at radius 1 is 1.29 bits per heavy atom. The Bertz CT molecular complexity index is 838. The number of benzene rings is 2. The van der Waals surface area contributed by atoms with Crippen molar-refractivity contribution in [1.82, 2.24) is 5.32 Å². The van der Waals surface area contributed by atoms with Gasteiger partial charge in [0.25, 0.3) is 11.8 Å². The molecule has 24 heavy (non-hydrogen) atoms. The molecule has 1 aliphatic rings. The fourth-order valence-electron chi connectivity index (χ4n) is 2.43. The van der Waals surface area contributed by atoms with Crippen molar-refractivity contribution in [1.29, 1.82) is 5.26 Å². The fourth-order valence-corrected chi connectivity index (χ4v) is 2.43. The molecule has 1 aliphatic heterocycles. The second kappa shape index (κ2) is 6.42. The second-order valence-electron chi connectivity index (χ2n) is 5.48. The van der Waals surface area contributed by atoms with Gasteiger partial charge in [-0.05, 0) is 48.9 Å². The molecule has 2 aromatic carbocycles. The van der Waals surface area contributed by atoms with Crippen LogP contribution in [0.5, 0.6) is 5.75 Å². The van der Waals surface area contributed by atoms with Crippen molar-refractivity contribution in [2.45, 2.75) is 13.0 Å². The van der Waals surface area contributed by atoms with Crippen molar-refractivity contribution in [3.05, 3.63) is 59.2 Å². The van der Waals surface area contributed by atoms with Crippen molar-refractivity contribution in [2.24, 2.45) is 0 Å². The molecule has 0 aromatic heterocycles. The highest BCUT2D eigenvalue weighted by molar-refractivity contribution is 5.96. The lowest BCUT2D eigenvalue weighted by molar-refractivity contribution is -0.118. The molecule has 0 aliphatic carbocycles. The number of anilines is 1. The largest absolute Gasteiger partial charge is 0.482 e. The third-order valence-electron chi connectivity index (χ3n) is 3.76. The summed E-state index contributed by atoms with van der Waals surface area (Å²) in [6, 6.07) is 13.6. The lowest BCUT2D eigenvalue weighted by Gasteiger charge is -2.21. The van der Waals surface area contributed by atoms with Gasteiger partial charge in [0.05, 0.1) is 23.4 Å². The maximum Gasteiger partial charge on any atom is 0.262 e. The summed E-state index contributed by atoms with van der Waals surface area (Å²) in [6.45, 7) is 1.87. The highest BCUT2D eigenvalue weighted by Gasteiger charge is 2.18. The van der Waals surface area contributed by atoms with Crippen molar-refractivity contribution >= 4 is 17.5 Å². The molecular weight excluding hydrogens is 306 g/mol. The Kier molecular flexibility index (Phi) is 4.17. The number of nitriles is 1. The van der Waals surface area contributed by atoms with Crippen molar-refractivity contribution < 1.29 is 14.3 Å². The molecule has 1 unspecified atom stereocenters.